The van der Waals surface area contributed by atoms with Crippen LogP contribution in [0.1, 0.15) is 17.3 Å². The third kappa shape index (κ3) is 2.79. The van der Waals surface area contributed by atoms with Crippen molar-refractivity contribution < 1.29 is 19.1 Å². The summed E-state index contributed by atoms with van der Waals surface area (Å²) in [6.45, 7) is 1.30. The van der Waals surface area contributed by atoms with Gasteiger partial charge in [-0.15, -0.1) is 0 Å². The van der Waals surface area contributed by atoms with Gasteiger partial charge in [-0.2, -0.15) is 0 Å². The molecule has 1 aromatic carbocycles. The molecule has 1 unspecified atom stereocenters. The van der Waals surface area contributed by atoms with E-state index in [1.54, 1.807) is 0 Å². The minimum atomic E-state index is -1.18. The molecule has 2 N–H and O–H groups in total. The third-order valence-electron chi connectivity index (χ3n) is 1.91. The van der Waals surface area contributed by atoms with Crippen LogP contribution in [0.5, 0.6) is 0 Å². The Bertz CT molecular complexity index is 416. The van der Waals surface area contributed by atoms with Crippen molar-refractivity contribution in [3.8, 4) is 0 Å². The van der Waals surface area contributed by atoms with Crippen LogP contribution in [0.25, 0.3) is 0 Å². The van der Waals surface area contributed by atoms with Crippen molar-refractivity contribution in [3.05, 3.63) is 34.1 Å². The second-order valence-electron chi connectivity index (χ2n) is 3.13. The third-order valence-corrected chi connectivity index (χ3v) is 2.57. The Labute approximate surface area is 99.6 Å². The molecule has 1 rings (SSSR count). The summed E-state index contributed by atoms with van der Waals surface area (Å²) in [5.41, 5.74) is -0.199. The van der Waals surface area contributed by atoms with E-state index >= 15 is 0 Å². The highest BCUT2D eigenvalue weighted by Gasteiger charge is 2.19. The summed E-state index contributed by atoms with van der Waals surface area (Å²) in [5.74, 6) is -2.65. The zero-order valence-electron chi connectivity index (χ0n) is 8.33. The predicted molar refractivity (Wildman–Crippen MR) is 58.7 cm³/mol. The van der Waals surface area contributed by atoms with Crippen molar-refractivity contribution in [1.29, 1.82) is 0 Å². The van der Waals surface area contributed by atoms with E-state index < -0.39 is 23.7 Å². The summed E-state index contributed by atoms with van der Waals surface area (Å²) in [4.78, 5) is 22.1. The predicted octanol–water partition coefficient (Wildman–Crippen LogP) is 1.79. The topological polar surface area (TPSA) is 66.4 Å². The number of carboxylic acids is 1. The van der Waals surface area contributed by atoms with Gasteiger partial charge in [-0.25, -0.2) is 4.39 Å². The first-order chi connectivity index (χ1) is 7.43. The van der Waals surface area contributed by atoms with Gasteiger partial charge < -0.3 is 10.4 Å². The second-order valence-corrected chi connectivity index (χ2v) is 3.98. The first-order valence-electron chi connectivity index (χ1n) is 4.41. The quantitative estimate of drug-likeness (QED) is 0.892. The number of rotatable bonds is 3. The van der Waals surface area contributed by atoms with Crippen LogP contribution in [0, 0.1) is 5.82 Å². The van der Waals surface area contributed by atoms with Gasteiger partial charge in [-0.05, 0) is 35.0 Å². The van der Waals surface area contributed by atoms with E-state index in [4.69, 9.17) is 5.11 Å². The molecule has 0 heterocycles. The molecule has 4 nitrogen and oxygen atoms in total. The lowest BCUT2D eigenvalue weighted by Gasteiger charge is -2.10. The molecule has 6 heteroatoms. The van der Waals surface area contributed by atoms with Gasteiger partial charge in [-0.1, -0.05) is 6.07 Å². The number of carbonyl (C=O) groups excluding carboxylic acids is 1. The van der Waals surface area contributed by atoms with Crippen LogP contribution in [0.4, 0.5) is 4.39 Å². The van der Waals surface area contributed by atoms with Crippen LogP contribution in [0.2, 0.25) is 0 Å². The molecule has 0 saturated carbocycles. The average molecular weight is 290 g/mol. The summed E-state index contributed by atoms with van der Waals surface area (Å²) in [7, 11) is 0. The smallest absolute Gasteiger partial charge is 0.325 e. The van der Waals surface area contributed by atoms with Crippen molar-refractivity contribution in [1.82, 2.24) is 5.32 Å². The fourth-order valence-corrected chi connectivity index (χ4v) is 1.57. The minimum absolute atomic E-state index is 0.199. The van der Waals surface area contributed by atoms with Crippen LogP contribution in [-0.4, -0.2) is 23.0 Å². The van der Waals surface area contributed by atoms with Gasteiger partial charge in [0.25, 0.3) is 5.91 Å². The molecule has 16 heavy (non-hydrogen) atoms. The van der Waals surface area contributed by atoms with E-state index in [2.05, 4.69) is 21.2 Å². The van der Waals surface area contributed by atoms with E-state index in [1.165, 1.54) is 19.1 Å². The lowest BCUT2D eigenvalue weighted by Crippen LogP contribution is -2.38. The maximum atomic E-state index is 13.3. The normalized spacial score (nSPS) is 11.9. The Kier molecular flexibility index (Phi) is 4.00. The van der Waals surface area contributed by atoms with Gasteiger partial charge in [0.05, 0.1) is 5.56 Å². The number of aliphatic carboxylic acids is 1. The van der Waals surface area contributed by atoms with E-state index in [0.29, 0.717) is 0 Å². The number of hydrogen-bond donors (Lipinski definition) is 2. The second kappa shape index (κ2) is 5.07. The van der Waals surface area contributed by atoms with Crippen LogP contribution in [0.15, 0.2) is 22.7 Å². The summed E-state index contributed by atoms with van der Waals surface area (Å²) in [6, 6.07) is 3.00. The Hall–Kier alpha value is -1.43. The first kappa shape index (κ1) is 12.6. The molecule has 0 saturated heterocycles. The van der Waals surface area contributed by atoms with Crippen molar-refractivity contribution in [2.75, 3.05) is 0 Å². The standard InChI is InChI=1S/C10H9BrFNO3/c1-5(10(15)16)13-9(14)8-6(11)3-2-4-7(8)12/h2-5H,1H3,(H,13,14)(H,15,16). The van der Waals surface area contributed by atoms with Crippen molar-refractivity contribution in [2.45, 2.75) is 13.0 Å². The Morgan fingerprint density at radius 2 is 2.12 bits per heavy atom. The summed E-state index contributed by atoms with van der Waals surface area (Å²) >= 11 is 3.03. The molecule has 0 fully saturated rings. The largest absolute Gasteiger partial charge is 0.480 e. The first-order valence-corrected chi connectivity index (χ1v) is 5.20. The van der Waals surface area contributed by atoms with Crippen molar-refractivity contribution >= 4 is 27.8 Å². The Morgan fingerprint density at radius 3 is 2.62 bits per heavy atom. The van der Waals surface area contributed by atoms with Gasteiger partial charge in [0.15, 0.2) is 0 Å². The lowest BCUT2D eigenvalue weighted by atomic mass is 10.2. The Morgan fingerprint density at radius 1 is 1.50 bits per heavy atom. The van der Waals surface area contributed by atoms with Crippen molar-refractivity contribution in [2.24, 2.45) is 0 Å². The molecule has 1 atom stereocenters. The van der Waals surface area contributed by atoms with E-state index in [-0.39, 0.29) is 10.0 Å². The molecule has 1 amide bonds. The fraction of sp³-hybridized carbons (Fsp3) is 0.200. The number of nitrogens with one attached hydrogen (secondary N) is 1. The zero-order valence-corrected chi connectivity index (χ0v) is 9.92. The number of hydrogen-bond acceptors (Lipinski definition) is 2. The van der Waals surface area contributed by atoms with E-state index in [1.807, 2.05) is 0 Å². The summed E-state index contributed by atoms with van der Waals surface area (Å²) in [6.07, 6.45) is 0. The maximum Gasteiger partial charge on any atom is 0.325 e. The fourth-order valence-electron chi connectivity index (χ4n) is 1.05. The number of amides is 1. The molecule has 1 aromatic rings. The van der Waals surface area contributed by atoms with Crippen LogP contribution in [-0.2, 0) is 4.79 Å². The number of halogens is 2. The molecule has 0 aromatic heterocycles. The molecule has 0 bridgehead atoms. The summed E-state index contributed by atoms with van der Waals surface area (Å²) in [5, 5.41) is 10.8. The number of carboxylic acid groups (broad SMARTS) is 1. The van der Waals surface area contributed by atoms with Gasteiger partial charge >= 0.3 is 5.97 Å². The molecule has 0 aliphatic carbocycles. The molecular weight excluding hydrogens is 281 g/mol. The average Bonchev–Trinajstić information content (AvgIpc) is 2.16. The highest BCUT2D eigenvalue weighted by molar-refractivity contribution is 9.10. The molecule has 0 aliphatic heterocycles. The zero-order chi connectivity index (χ0) is 12.3. The van der Waals surface area contributed by atoms with E-state index in [9.17, 15) is 14.0 Å². The molecule has 0 spiro atoms. The lowest BCUT2D eigenvalue weighted by molar-refractivity contribution is -0.138. The molecule has 0 aliphatic rings. The summed E-state index contributed by atoms with van der Waals surface area (Å²) < 4.78 is 13.6. The van der Waals surface area contributed by atoms with Gasteiger partial charge in [0, 0.05) is 4.47 Å². The van der Waals surface area contributed by atoms with E-state index in [0.717, 1.165) is 6.07 Å². The van der Waals surface area contributed by atoms with Crippen LogP contribution in [0.3, 0.4) is 0 Å². The van der Waals surface area contributed by atoms with Crippen LogP contribution < -0.4 is 5.32 Å². The molecule has 86 valence electrons. The Balaban J connectivity index is 2.93. The van der Waals surface area contributed by atoms with Crippen LogP contribution >= 0.6 is 15.9 Å². The van der Waals surface area contributed by atoms with Gasteiger partial charge in [0.2, 0.25) is 0 Å². The molecular formula is C10H9BrFNO3. The van der Waals surface area contributed by atoms with Gasteiger partial charge in [0.1, 0.15) is 11.9 Å². The van der Waals surface area contributed by atoms with Gasteiger partial charge in [-0.3, -0.25) is 9.59 Å². The number of carbonyl (C=O) groups is 2. The number of benzene rings is 1. The highest BCUT2D eigenvalue weighted by atomic mass is 79.9. The highest BCUT2D eigenvalue weighted by Crippen LogP contribution is 2.19. The minimum Gasteiger partial charge on any atom is -0.480 e. The SMILES string of the molecule is CC(NC(=O)c1c(F)cccc1Br)C(=O)O. The molecule has 0 radical (unpaired) electrons. The van der Waals surface area contributed by atoms with Crippen molar-refractivity contribution in [3.63, 3.8) is 0 Å². The maximum absolute atomic E-state index is 13.3. The monoisotopic (exact) mass is 289 g/mol.